The van der Waals surface area contributed by atoms with E-state index in [-0.39, 0.29) is 12.2 Å². The van der Waals surface area contributed by atoms with Gasteiger partial charge in [-0.05, 0) is 19.4 Å². The Morgan fingerprint density at radius 2 is 1.97 bits per heavy atom. The van der Waals surface area contributed by atoms with Crippen molar-refractivity contribution in [1.82, 2.24) is 19.9 Å². The summed E-state index contributed by atoms with van der Waals surface area (Å²) in [6.45, 7) is 6.27. The van der Waals surface area contributed by atoms with Crippen LogP contribution in [0.25, 0.3) is 0 Å². The third-order valence-corrected chi connectivity index (χ3v) is 5.70. The number of amides is 1. The van der Waals surface area contributed by atoms with Gasteiger partial charge < -0.3 is 19.3 Å². The van der Waals surface area contributed by atoms with E-state index >= 15 is 0 Å². The smallest absolute Gasteiger partial charge is 0.410 e. The van der Waals surface area contributed by atoms with E-state index in [0.29, 0.717) is 32.1 Å². The van der Waals surface area contributed by atoms with Crippen LogP contribution in [0.1, 0.15) is 23.5 Å². The first-order valence-electron chi connectivity index (χ1n) is 9.92. The highest BCUT2D eigenvalue weighted by molar-refractivity contribution is 5.70. The summed E-state index contributed by atoms with van der Waals surface area (Å²) in [5.74, 6) is 2.32. The fraction of sp³-hybridized carbons (Fsp3) is 0.500. The third kappa shape index (κ3) is 3.30. The van der Waals surface area contributed by atoms with E-state index in [4.69, 9.17) is 9.47 Å². The van der Waals surface area contributed by atoms with Gasteiger partial charge in [-0.2, -0.15) is 0 Å². The SMILES string of the molecule is COc1ccc(N2CC(OC(=O)N3Cc4nc(C)nc(N5CCC5)c4C3)C2)cn1. The van der Waals surface area contributed by atoms with Gasteiger partial charge >= 0.3 is 6.09 Å². The molecule has 5 rings (SSSR count). The van der Waals surface area contributed by atoms with Crippen LogP contribution in [-0.2, 0) is 17.8 Å². The minimum Gasteiger partial charge on any atom is -0.481 e. The van der Waals surface area contributed by atoms with E-state index in [2.05, 4.69) is 24.8 Å². The number of hydrogen-bond donors (Lipinski definition) is 0. The number of hydrogen-bond acceptors (Lipinski definition) is 8. The zero-order valence-electron chi connectivity index (χ0n) is 16.7. The van der Waals surface area contributed by atoms with Gasteiger partial charge in [-0.15, -0.1) is 0 Å². The molecule has 5 heterocycles. The second-order valence-corrected chi connectivity index (χ2v) is 7.69. The Morgan fingerprint density at radius 3 is 2.62 bits per heavy atom. The average Bonchev–Trinajstić information content (AvgIpc) is 3.07. The van der Waals surface area contributed by atoms with Crippen molar-refractivity contribution < 1.29 is 14.3 Å². The lowest BCUT2D eigenvalue weighted by Gasteiger charge is -2.40. The quantitative estimate of drug-likeness (QED) is 0.773. The Hall–Kier alpha value is -3.10. The van der Waals surface area contributed by atoms with Crippen LogP contribution in [0, 0.1) is 6.92 Å². The Bertz CT molecular complexity index is 925. The second kappa shape index (κ2) is 7.06. The molecular weight excluding hydrogens is 372 g/mol. The molecule has 2 fully saturated rings. The predicted molar refractivity (Wildman–Crippen MR) is 106 cm³/mol. The summed E-state index contributed by atoms with van der Waals surface area (Å²) in [7, 11) is 1.59. The standard InChI is InChI=1S/C20H24N6O3/c1-13-22-17-12-26(11-16(17)19(23-13)24-6-3-7-24)20(27)29-15-9-25(10-15)14-4-5-18(28-2)21-8-14/h4-5,8,15H,3,6-7,9-12H2,1-2H3. The number of methoxy groups -OCH3 is 1. The number of aromatic nitrogens is 3. The number of nitrogens with zero attached hydrogens (tertiary/aromatic N) is 6. The van der Waals surface area contributed by atoms with E-state index < -0.39 is 0 Å². The van der Waals surface area contributed by atoms with Crippen LogP contribution in [0.4, 0.5) is 16.3 Å². The van der Waals surface area contributed by atoms with Crippen molar-refractivity contribution >= 4 is 17.6 Å². The molecule has 0 spiro atoms. The molecule has 2 aromatic heterocycles. The molecular formula is C20H24N6O3. The number of pyridine rings is 1. The van der Waals surface area contributed by atoms with Gasteiger partial charge in [-0.3, -0.25) is 4.90 Å². The number of carbonyl (C=O) groups is 1. The molecule has 0 saturated carbocycles. The first-order valence-corrected chi connectivity index (χ1v) is 9.92. The fourth-order valence-corrected chi connectivity index (χ4v) is 3.90. The first-order chi connectivity index (χ1) is 14.1. The Balaban J connectivity index is 1.18. The monoisotopic (exact) mass is 396 g/mol. The molecule has 0 bridgehead atoms. The maximum absolute atomic E-state index is 12.7. The summed E-state index contributed by atoms with van der Waals surface area (Å²) in [5, 5.41) is 0. The van der Waals surface area contributed by atoms with Crippen molar-refractivity contribution in [3.05, 3.63) is 35.4 Å². The van der Waals surface area contributed by atoms with E-state index in [0.717, 1.165) is 41.7 Å². The molecule has 0 aromatic carbocycles. The van der Waals surface area contributed by atoms with E-state index in [9.17, 15) is 4.79 Å². The van der Waals surface area contributed by atoms with Crippen molar-refractivity contribution in [2.75, 3.05) is 43.1 Å². The van der Waals surface area contributed by atoms with Crippen LogP contribution < -0.4 is 14.5 Å². The maximum atomic E-state index is 12.7. The number of anilines is 2. The predicted octanol–water partition coefficient (Wildman–Crippen LogP) is 1.74. The molecule has 0 N–H and O–H groups in total. The van der Waals surface area contributed by atoms with Crippen LogP contribution in [0.2, 0.25) is 0 Å². The lowest BCUT2D eigenvalue weighted by molar-refractivity contribution is 0.0490. The molecule has 3 aliphatic heterocycles. The number of ether oxygens (including phenoxy) is 2. The third-order valence-electron chi connectivity index (χ3n) is 5.70. The number of carbonyl (C=O) groups excluding carboxylic acids is 1. The average molecular weight is 396 g/mol. The van der Waals surface area contributed by atoms with Gasteiger partial charge in [0, 0.05) is 24.7 Å². The van der Waals surface area contributed by atoms with Gasteiger partial charge in [0.1, 0.15) is 17.7 Å². The zero-order chi connectivity index (χ0) is 20.0. The normalized spacial score (nSPS) is 18.2. The number of aryl methyl sites for hydroxylation is 1. The molecule has 9 heteroatoms. The van der Waals surface area contributed by atoms with Gasteiger partial charge in [0.25, 0.3) is 0 Å². The first kappa shape index (κ1) is 18.0. The van der Waals surface area contributed by atoms with E-state index in [1.54, 1.807) is 18.2 Å². The Morgan fingerprint density at radius 1 is 1.14 bits per heavy atom. The molecule has 1 amide bonds. The lowest BCUT2D eigenvalue weighted by Crippen LogP contribution is -2.54. The summed E-state index contributed by atoms with van der Waals surface area (Å²) in [4.78, 5) is 32.2. The molecule has 2 aromatic rings. The van der Waals surface area contributed by atoms with Gasteiger partial charge in [0.15, 0.2) is 0 Å². The van der Waals surface area contributed by atoms with Gasteiger partial charge in [0.2, 0.25) is 5.88 Å². The summed E-state index contributed by atoms with van der Waals surface area (Å²) in [6, 6.07) is 3.79. The topological polar surface area (TPSA) is 83.9 Å². The van der Waals surface area contributed by atoms with Crippen molar-refractivity contribution in [1.29, 1.82) is 0 Å². The van der Waals surface area contributed by atoms with Crippen molar-refractivity contribution in [3.63, 3.8) is 0 Å². The fourth-order valence-electron chi connectivity index (χ4n) is 3.90. The molecule has 152 valence electrons. The number of rotatable bonds is 4. The molecule has 0 unspecified atom stereocenters. The van der Waals surface area contributed by atoms with Crippen LogP contribution in [0.3, 0.4) is 0 Å². The molecule has 3 aliphatic rings. The zero-order valence-corrected chi connectivity index (χ0v) is 16.7. The molecule has 0 aliphatic carbocycles. The highest BCUT2D eigenvalue weighted by Gasteiger charge is 2.36. The van der Waals surface area contributed by atoms with Gasteiger partial charge in [-0.1, -0.05) is 0 Å². The highest BCUT2D eigenvalue weighted by atomic mass is 16.6. The summed E-state index contributed by atoms with van der Waals surface area (Å²) in [6.07, 6.45) is 2.56. The van der Waals surface area contributed by atoms with Crippen LogP contribution in [0.5, 0.6) is 5.88 Å². The minimum atomic E-state index is -0.285. The molecule has 0 radical (unpaired) electrons. The highest BCUT2D eigenvalue weighted by Crippen LogP contribution is 2.32. The molecule has 0 atom stereocenters. The maximum Gasteiger partial charge on any atom is 0.410 e. The molecule has 2 saturated heterocycles. The van der Waals surface area contributed by atoms with Crippen LogP contribution in [0.15, 0.2) is 18.3 Å². The largest absolute Gasteiger partial charge is 0.481 e. The molecule has 29 heavy (non-hydrogen) atoms. The summed E-state index contributed by atoms with van der Waals surface area (Å²) < 4.78 is 10.8. The van der Waals surface area contributed by atoms with Crippen molar-refractivity contribution in [2.45, 2.75) is 32.5 Å². The van der Waals surface area contributed by atoms with Crippen molar-refractivity contribution in [2.24, 2.45) is 0 Å². The van der Waals surface area contributed by atoms with Gasteiger partial charge in [-0.25, -0.2) is 19.7 Å². The summed E-state index contributed by atoms with van der Waals surface area (Å²) >= 11 is 0. The van der Waals surface area contributed by atoms with Gasteiger partial charge in [0.05, 0.1) is 50.9 Å². The van der Waals surface area contributed by atoms with Crippen molar-refractivity contribution in [3.8, 4) is 5.88 Å². The van der Waals surface area contributed by atoms with E-state index in [1.807, 2.05) is 19.1 Å². The second-order valence-electron chi connectivity index (χ2n) is 7.69. The Kier molecular flexibility index (Phi) is 4.37. The number of fused-ring (bicyclic) bond motifs is 1. The Labute approximate surface area is 169 Å². The molecule has 9 nitrogen and oxygen atoms in total. The minimum absolute atomic E-state index is 0.115. The van der Waals surface area contributed by atoms with Crippen LogP contribution >= 0.6 is 0 Å². The van der Waals surface area contributed by atoms with E-state index in [1.165, 1.54) is 6.42 Å². The summed E-state index contributed by atoms with van der Waals surface area (Å²) in [5.41, 5.74) is 3.00. The van der Waals surface area contributed by atoms with Crippen LogP contribution in [-0.4, -0.2) is 65.3 Å². The lowest BCUT2D eigenvalue weighted by atomic mass is 10.1.